The normalized spacial score (nSPS) is 10.9. The number of aromatic nitrogens is 3. The van der Waals surface area contributed by atoms with Gasteiger partial charge in [-0.05, 0) is 24.7 Å². The Kier molecular flexibility index (Phi) is 5.33. The lowest BCUT2D eigenvalue weighted by molar-refractivity contribution is 0.406. The molecule has 0 amide bonds. The number of nitrogens with one attached hydrogen (secondary N) is 1. The minimum atomic E-state index is 0.691. The van der Waals surface area contributed by atoms with Crippen LogP contribution in [0.1, 0.15) is 36.6 Å². The second-order valence-electron chi connectivity index (χ2n) is 4.99. The van der Waals surface area contributed by atoms with E-state index in [-0.39, 0.29) is 0 Å². The number of nitrogens with zero attached hydrogens (tertiary/aromatic N) is 3. The van der Waals surface area contributed by atoms with Crippen LogP contribution < -0.4 is 10.1 Å². The van der Waals surface area contributed by atoms with Crippen molar-refractivity contribution in [2.24, 2.45) is 0 Å². The number of rotatable bonds is 7. The average Bonchev–Trinajstić information content (AvgIpc) is 2.90. The maximum absolute atomic E-state index is 5.48. The molecule has 0 aliphatic rings. The van der Waals surface area contributed by atoms with E-state index in [1.807, 2.05) is 17.8 Å². The van der Waals surface area contributed by atoms with Crippen LogP contribution >= 0.6 is 0 Å². The SMILES string of the molecule is CCc1nc(CC)n(Cc2cc(CNC)ccc2OC)n1. The first-order valence-corrected chi connectivity index (χ1v) is 7.44. The van der Waals surface area contributed by atoms with Gasteiger partial charge in [0, 0.05) is 24.9 Å². The van der Waals surface area contributed by atoms with Gasteiger partial charge >= 0.3 is 0 Å². The van der Waals surface area contributed by atoms with Gasteiger partial charge in [-0.3, -0.25) is 0 Å². The molecule has 1 heterocycles. The van der Waals surface area contributed by atoms with E-state index < -0.39 is 0 Å². The van der Waals surface area contributed by atoms with Crippen LogP contribution in [-0.4, -0.2) is 28.9 Å². The van der Waals surface area contributed by atoms with Gasteiger partial charge in [0.2, 0.25) is 0 Å². The predicted octanol–water partition coefficient (Wildman–Crippen LogP) is 2.18. The third kappa shape index (κ3) is 3.61. The Bertz CT molecular complexity index is 592. The van der Waals surface area contributed by atoms with Gasteiger partial charge in [0.25, 0.3) is 0 Å². The highest BCUT2D eigenvalue weighted by Gasteiger charge is 2.11. The van der Waals surface area contributed by atoms with Crippen LogP contribution in [0.4, 0.5) is 0 Å². The van der Waals surface area contributed by atoms with E-state index in [0.717, 1.165) is 42.3 Å². The summed E-state index contributed by atoms with van der Waals surface area (Å²) in [6.07, 6.45) is 1.74. The molecule has 0 radical (unpaired) electrons. The highest BCUT2D eigenvalue weighted by atomic mass is 16.5. The van der Waals surface area contributed by atoms with E-state index >= 15 is 0 Å². The van der Waals surface area contributed by atoms with Gasteiger partial charge in [-0.25, -0.2) is 9.67 Å². The third-order valence-electron chi connectivity index (χ3n) is 3.47. The van der Waals surface area contributed by atoms with Crippen molar-refractivity contribution in [3.05, 3.63) is 41.0 Å². The first kappa shape index (κ1) is 15.5. The molecule has 5 nitrogen and oxygen atoms in total. The Morgan fingerprint density at radius 1 is 1.24 bits per heavy atom. The maximum atomic E-state index is 5.48. The van der Waals surface area contributed by atoms with Crippen molar-refractivity contribution in [3.8, 4) is 5.75 Å². The maximum Gasteiger partial charge on any atom is 0.150 e. The van der Waals surface area contributed by atoms with Crippen LogP contribution in [0.2, 0.25) is 0 Å². The fraction of sp³-hybridized carbons (Fsp3) is 0.500. The number of methoxy groups -OCH3 is 1. The molecule has 1 aromatic carbocycles. The molecule has 1 N–H and O–H groups in total. The molecule has 5 heteroatoms. The minimum absolute atomic E-state index is 0.691. The zero-order valence-corrected chi connectivity index (χ0v) is 13.3. The molecular formula is C16H24N4O. The summed E-state index contributed by atoms with van der Waals surface area (Å²) in [4.78, 5) is 4.56. The lowest BCUT2D eigenvalue weighted by Gasteiger charge is -2.12. The van der Waals surface area contributed by atoms with E-state index in [4.69, 9.17) is 4.74 Å². The van der Waals surface area contributed by atoms with Crippen molar-refractivity contribution < 1.29 is 4.74 Å². The zero-order chi connectivity index (χ0) is 15.2. The summed E-state index contributed by atoms with van der Waals surface area (Å²) in [6, 6.07) is 6.27. The van der Waals surface area contributed by atoms with E-state index in [1.54, 1.807) is 7.11 Å². The van der Waals surface area contributed by atoms with E-state index in [0.29, 0.717) is 6.54 Å². The van der Waals surface area contributed by atoms with Crippen LogP contribution in [0.15, 0.2) is 18.2 Å². The van der Waals surface area contributed by atoms with Crippen molar-refractivity contribution in [1.29, 1.82) is 0 Å². The molecular weight excluding hydrogens is 264 g/mol. The summed E-state index contributed by atoms with van der Waals surface area (Å²) in [7, 11) is 3.65. The zero-order valence-electron chi connectivity index (χ0n) is 13.3. The monoisotopic (exact) mass is 288 g/mol. The second-order valence-corrected chi connectivity index (χ2v) is 4.99. The highest BCUT2D eigenvalue weighted by Crippen LogP contribution is 2.21. The lowest BCUT2D eigenvalue weighted by Crippen LogP contribution is -2.10. The molecule has 2 rings (SSSR count). The first-order chi connectivity index (χ1) is 10.2. The van der Waals surface area contributed by atoms with Crippen molar-refractivity contribution >= 4 is 0 Å². The summed E-state index contributed by atoms with van der Waals surface area (Å²) in [5, 5.41) is 7.75. The number of ether oxygens (including phenoxy) is 1. The smallest absolute Gasteiger partial charge is 0.150 e. The van der Waals surface area contributed by atoms with Gasteiger partial charge in [-0.15, -0.1) is 0 Å². The second kappa shape index (κ2) is 7.22. The minimum Gasteiger partial charge on any atom is -0.496 e. The largest absolute Gasteiger partial charge is 0.496 e. The van der Waals surface area contributed by atoms with E-state index in [9.17, 15) is 0 Å². The van der Waals surface area contributed by atoms with Crippen LogP contribution in [0.25, 0.3) is 0 Å². The summed E-state index contributed by atoms with van der Waals surface area (Å²) < 4.78 is 7.46. The molecule has 0 saturated carbocycles. The number of benzene rings is 1. The van der Waals surface area contributed by atoms with Crippen molar-refractivity contribution in [2.75, 3.05) is 14.2 Å². The topological polar surface area (TPSA) is 52.0 Å². The average molecular weight is 288 g/mol. The summed E-state index contributed by atoms with van der Waals surface area (Å²) in [5.41, 5.74) is 2.37. The fourth-order valence-corrected chi connectivity index (χ4v) is 2.39. The molecule has 21 heavy (non-hydrogen) atoms. The van der Waals surface area contributed by atoms with Crippen LogP contribution in [0, 0.1) is 0 Å². The molecule has 114 valence electrons. The fourth-order valence-electron chi connectivity index (χ4n) is 2.39. The quantitative estimate of drug-likeness (QED) is 0.848. The van der Waals surface area contributed by atoms with E-state index in [2.05, 4.69) is 41.4 Å². The number of hydrogen-bond donors (Lipinski definition) is 1. The predicted molar refractivity (Wildman–Crippen MR) is 83.6 cm³/mol. The molecule has 0 unspecified atom stereocenters. The Labute approximate surface area is 126 Å². The molecule has 0 aliphatic carbocycles. The van der Waals surface area contributed by atoms with E-state index in [1.165, 1.54) is 5.56 Å². The van der Waals surface area contributed by atoms with Crippen molar-refractivity contribution in [3.63, 3.8) is 0 Å². The van der Waals surface area contributed by atoms with Crippen LogP contribution in [0.5, 0.6) is 5.75 Å². The molecule has 1 aromatic heterocycles. The molecule has 0 atom stereocenters. The first-order valence-electron chi connectivity index (χ1n) is 7.44. The van der Waals surface area contributed by atoms with Gasteiger partial charge in [0.05, 0.1) is 13.7 Å². The van der Waals surface area contributed by atoms with Crippen LogP contribution in [-0.2, 0) is 25.9 Å². The number of aryl methyl sites for hydroxylation is 2. The molecule has 2 aromatic rings. The Morgan fingerprint density at radius 2 is 2.05 bits per heavy atom. The Balaban J connectivity index is 2.32. The third-order valence-corrected chi connectivity index (χ3v) is 3.47. The molecule has 0 fully saturated rings. The van der Waals surface area contributed by atoms with Gasteiger partial charge in [0.15, 0.2) is 5.82 Å². The lowest BCUT2D eigenvalue weighted by atomic mass is 10.1. The highest BCUT2D eigenvalue weighted by molar-refractivity contribution is 5.37. The number of hydrogen-bond acceptors (Lipinski definition) is 4. The van der Waals surface area contributed by atoms with Gasteiger partial charge in [-0.2, -0.15) is 5.10 Å². The van der Waals surface area contributed by atoms with Gasteiger partial charge in [0.1, 0.15) is 11.6 Å². The summed E-state index contributed by atoms with van der Waals surface area (Å²) in [6.45, 7) is 5.72. The van der Waals surface area contributed by atoms with Crippen molar-refractivity contribution in [2.45, 2.75) is 39.8 Å². The van der Waals surface area contributed by atoms with Gasteiger partial charge < -0.3 is 10.1 Å². The standard InChI is InChI=1S/C16H24N4O/c1-5-15-18-16(6-2)20(19-15)11-13-9-12(10-17-3)7-8-14(13)21-4/h7-9,17H,5-6,10-11H2,1-4H3. The molecule has 0 saturated heterocycles. The summed E-state index contributed by atoms with van der Waals surface area (Å²) in [5.74, 6) is 2.82. The Morgan fingerprint density at radius 3 is 2.67 bits per heavy atom. The van der Waals surface area contributed by atoms with Crippen molar-refractivity contribution in [1.82, 2.24) is 20.1 Å². The molecule has 0 spiro atoms. The van der Waals surface area contributed by atoms with Gasteiger partial charge in [-0.1, -0.05) is 19.9 Å². The summed E-state index contributed by atoms with van der Waals surface area (Å²) >= 11 is 0. The molecule has 0 bridgehead atoms. The molecule has 0 aliphatic heterocycles. The van der Waals surface area contributed by atoms with Crippen LogP contribution in [0.3, 0.4) is 0 Å². The Hall–Kier alpha value is -1.88.